The molecule has 1 aromatic carbocycles. The lowest BCUT2D eigenvalue weighted by molar-refractivity contribution is -0.119. The zero-order valence-corrected chi connectivity index (χ0v) is 16.7. The van der Waals surface area contributed by atoms with E-state index in [1.54, 1.807) is 6.07 Å². The Balaban J connectivity index is 1.43. The molecule has 2 heterocycles. The van der Waals surface area contributed by atoms with Gasteiger partial charge in [0.05, 0.1) is 5.56 Å². The topological polar surface area (TPSA) is 114 Å². The Hall–Kier alpha value is -3.13. The number of hydrogen-bond acceptors (Lipinski definition) is 5. The van der Waals surface area contributed by atoms with Crippen LogP contribution < -0.4 is 11.1 Å². The quantitative estimate of drug-likeness (QED) is 0.559. The van der Waals surface area contributed by atoms with Gasteiger partial charge in [-0.25, -0.2) is 4.79 Å². The first-order valence-electron chi connectivity index (χ1n) is 9.41. The fourth-order valence-electron chi connectivity index (χ4n) is 3.65. The van der Waals surface area contributed by atoms with Crippen LogP contribution in [-0.4, -0.2) is 29.4 Å². The molecule has 0 fully saturated rings. The number of rotatable bonds is 5. The Kier molecular flexibility index (Phi) is 5.10. The number of esters is 1. The number of para-hydroxylation sites is 1. The molecule has 7 nitrogen and oxygen atoms in total. The number of hydrogen-bond donors (Lipinski definition) is 3. The lowest BCUT2D eigenvalue weighted by Gasteiger charge is -2.18. The number of aromatic nitrogens is 1. The lowest BCUT2D eigenvalue weighted by Crippen LogP contribution is -2.23. The van der Waals surface area contributed by atoms with Crippen LogP contribution in [0.2, 0.25) is 0 Å². The summed E-state index contributed by atoms with van der Waals surface area (Å²) in [7, 11) is 0. The summed E-state index contributed by atoms with van der Waals surface area (Å²) in [5.74, 6) is -1.15. The van der Waals surface area contributed by atoms with Crippen LogP contribution in [0.3, 0.4) is 0 Å². The standard InChI is InChI=1S/C21H21N3O4S/c1-11-6-7-13-16(8-11)29-20(18(13)19(22)26)24-17(25)10-28-21(27)15-9-12-4-2-3-5-14(12)23-15/h2-5,9,11,23H,6-8,10H2,1H3,(H2,22,26)(H,24,25)/t11-/m0/s1. The van der Waals surface area contributed by atoms with Gasteiger partial charge >= 0.3 is 5.97 Å². The van der Waals surface area contributed by atoms with E-state index in [2.05, 4.69) is 17.2 Å². The molecule has 4 N–H and O–H groups in total. The first-order chi connectivity index (χ1) is 13.9. The molecule has 0 saturated heterocycles. The van der Waals surface area contributed by atoms with Gasteiger partial charge in [-0.3, -0.25) is 9.59 Å². The smallest absolute Gasteiger partial charge is 0.355 e. The maximum atomic E-state index is 12.3. The second-order valence-corrected chi connectivity index (χ2v) is 8.42. The Bertz CT molecular complexity index is 1080. The molecule has 1 aliphatic carbocycles. The molecule has 3 aromatic rings. The van der Waals surface area contributed by atoms with Crippen molar-refractivity contribution in [3.63, 3.8) is 0 Å². The molecule has 0 unspecified atom stereocenters. The van der Waals surface area contributed by atoms with Crippen molar-refractivity contribution in [2.75, 3.05) is 11.9 Å². The number of aromatic amines is 1. The van der Waals surface area contributed by atoms with Gasteiger partial charge in [0.1, 0.15) is 10.7 Å². The fourth-order valence-corrected chi connectivity index (χ4v) is 5.09. The Morgan fingerprint density at radius 3 is 2.86 bits per heavy atom. The summed E-state index contributed by atoms with van der Waals surface area (Å²) in [5, 5.41) is 4.01. The third-order valence-electron chi connectivity index (χ3n) is 5.10. The number of carbonyl (C=O) groups excluding carboxylic acids is 3. The average molecular weight is 411 g/mol. The van der Waals surface area contributed by atoms with Gasteiger partial charge in [-0.15, -0.1) is 11.3 Å². The second-order valence-electron chi connectivity index (χ2n) is 7.31. The van der Waals surface area contributed by atoms with Crippen LogP contribution in [0, 0.1) is 5.92 Å². The molecule has 4 rings (SSSR count). The highest BCUT2D eigenvalue weighted by Crippen LogP contribution is 2.39. The predicted molar refractivity (Wildman–Crippen MR) is 111 cm³/mol. The minimum atomic E-state index is -0.620. The van der Waals surface area contributed by atoms with Crippen molar-refractivity contribution in [3.05, 3.63) is 52.0 Å². The molecule has 2 aromatic heterocycles. The highest BCUT2D eigenvalue weighted by molar-refractivity contribution is 7.17. The number of fused-ring (bicyclic) bond motifs is 2. The van der Waals surface area contributed by atoms with Gasteiger partial charge < -0.3 is 20.8 Å². The number of amides is 2. The van der Waals surface area contributed by atoms with Gasteiger partial charge in [0.25, 0.3) is 11.8 Å². The molecular weight excluding hydrogens is 390 g/mol. The number of carbonyl (C=O) groups is 3. The summed E-state index contributed by atoms with van der Waals surface area (Å²) >= 11 is 1.38. The van der Waals surface area contributed by atoms with Crippen molar-refractivity contribution < 1.29 is 19.1 Å². The predicted octanol–water partition coefficient (Wildman–Crippen LogP) is 3.25. The van der Waals surface area contributed by atoms with E-state index in [1.807, 2.05) is 24.3 Å². The first-order valence-corrected chi connectivity index (χ1v) is 10.2. The third-order valence-corrected chi connectivity index (χ3v) is 6.27. The number of anilines is 1. The summed E-state index contributed by atoms with van der Waals surface area (Å²) in [6.07, 6.45) is 2.63. The number of ether oxygens (including phenoxy) is 1. The van der Waals surface area contributed by atoms with Crippen molar-refractivity contribution in [2.45, 2.75) is 26.2 Å². The van der Waals surface area contributed by atoms with Gasteiger partial charge in [0.15, 0.2) is 6.61 Å². The number of benzene rings is 1. The molecule has 0 bridgehead atoms. The summed E-state index contributed by atoms with van der Waals surface area (Å²) in [6, 6.07) is 9.13. The molecule has 0 spiro atoms. The zero-order chi connectivity index (χ0) is 20.5. The summed E-state index contributed by atoms with van der Waals surface area (Å²) in [6.45, 7) is 1.71. The molecule has 1 aliphatic rings. The van der Waals surface area contributed by atoms with Crippen molar-refractivity contribution in [2.24, 2.45) is 11.7 Å². The lowest BCUT2D eigenvalue weighted by atomic mass is 9.88. The largest absolute Gasteiger partial charge is 0.451 e. The number of H-pyrrole nitrogens is 1. The van der Waals surface area contributed by atoms with Crippen molar-refractivity contribution in [1.29, 1.82) is 0 Å². The van der Waals surface area contributed by atoms with Gasteiger partial charge in [0, 0.05) is 15.8 Å². The van der Waals surface area contributed by atoms with E-state index < -0.39 is 24.4 Å². The minimum Gasteiger partial charge on any atom is -0.451 e. The molecule has 0 aliphatic heterocycles. The third kappa shape index (κ3) is 3.88. The van der Waals surface area contributed by atoms with E-state index in [1.165, 1.54) is 11.3 Å². The zero-order valence-electron chi connectivity index (χ0n) is 15.9. The number of primary amides is 1. The van der Waals surface area contributed by atoms with Crippen LogP contribution in [0.4, 0.5) is 5.00 Å². The second kappa shape index (κ2) is 7.71. The van der Waals surface area contributed by atoms with Crippen molar-refractivity contribution in [1.82, 2.24) is 4.98 Å². The first kappa shape index (κ1) is 19.2. The number of thiophene rings is 1. The van der Waals surface area contributed by atoms with Crippen LogP contribution >= 0.6 is 11.3 Å². The van der Waals surface area contributed by atoms with Gasteiger partial charge in [-0.1, -0.05) is 25.1 Å². The maximum absolute atomic E-state index is 12.3. The Labute approximate surface area is 171 Å². The van der Waals surface area contributed by atoms with Crippen molar-refractivity contribution >= 4 is 45.0 Å². The van der Waals surface area contributed by atoms with E-state index >= 15 is 0 Å². The highest BCUT2D eigenvalue weighted by atomic mass is 32.1. The highest BCUT2D eigenvalue weighted by Gasteiger charge is 2.27. The summed E-state index contributed by atoms with van der Waals surface area (Å²) in [4.78, 5) is 40.6. The molecule has 0 radical (unpaired) electrons. The average Bonchev–Trinajstić information content (AvgIpc) is 3.26. The molecular formula is C21H21N3O4S. The Morgan fingerprint density at radius 1 is 1.31 bits per heavy atom. The van der Waals surface area contributed by atoms with Crippen molar-refractivity contribution in [3.8, 4) is 0 Å². The normalized spacial score (nSPS) is 15.7. The van der Waals surface area contributed by atoms with Crippen LogP contribution in [0.15, 0.2) is 30.3 Å². The van der Waals surface area contributed by atoms with Gasteiger partial charge in [-0.05, 0) is 42.9 Å². The molecule has 8 heteroatoms. The van der Waals surface area contributed by atoms with E-state index in [9.17, 15) is 14.4 Å². The monoisotopic (exact) mass is 411 g/mol. The van der Waals surface area contributed by atoms with Crippen LogP contribution in [0.25, 0.3) is 10.9 Å². The SMILES string of the molecule is C[C@H]1CCc2c(sc(NC(=O)COC(=O)c3cc4ccccc4[nH]3)c2C(N)=O)C1. The summed E-state index contributed by atoms with van der Waals surface area (Å²) in [5.41, 5.74) is 7.96. The molecule has 150 valence electrons. The van der Waals surface area contributed by atoms with Crippen LogP contribution in [-0.2, 0) is 22.4 Å². The van der Waals surface area contributed by atoms with E-state index in [4.69, 9.17) is 10.5 Å². The molecule has 2 amide bonds. The number of nitrogens with two attached hydrogens (primary N) is 1. The Morgan fingerprint density at radius 2 is 2.10 bits per heavy atom. The van der Waals surface area contributed by atoms with Crippen LogP contribution in [0.1, 0.15) is 44.6 Å². The van der Waals surface area contributed by atoms with Gasteiger partial charge in [0.2, 0.25) is 0 Å². The van der Waals surface area contributed by atoms with Crippen LogP contribution in [0.5, 0.6) is 0 Å². The molecule has 29 heavy (non-hydrogen) atoms. The minimum absolute atomic E-state index is 0.275. The maximum Gasteiger partial charge on any atom is 0.355 e. The summed E-state index contributed by atoms with van der Waals surface area (Å²) < 4.78 is 5.12. The molecule has 0 saturated carbocycles. The van der Waals surface area contributed by atoms with E-state index in [0.717, 1.165) is 40.6 Å². The fraction of sp³-hybridized carbons (Fsp3) is 0.286. The van der Waals surface area contributed by atoms with E-state index in [-0.39, 0.29) is 5.69 Å². The van der Waals surface area contributed by atoms with Gasteiger partial charge in [-0.2, -0.15) is 0 Å². The van der Waals surface area contributed by atoms with E-state index in [0.29, 0.717) is 16.5 Å². The molecule has 1 atom stereocenters. The number of nitrogens with one attached hydrogen (secondary N) is 2.